The van der Waals surface area contributed by atoms with Crippen LogP contribution >= 0.6 is 0 Å². The van der Waals surface area contributed by atoms with Gasteiger partial charge in [0.2, 0.25) is 5.82 Å². The molecule has 0 bridgehead atoms. The molecule has 0 saturated heterocycles. The molecule has 0 aliphatic carbocycles. The van der Waals surface area contributed by atoms with Crippen molar-refractivity contribution in [1.29, 1.82) is 0 Å². The van der Waals surface area contributed by atoms with E-state index in [0.29, 0.717) is 37.2 Å². The zero-order valence-corrected chi connectivity index (χ0v) is 19.7. The summed E-state index contributed by atoms with van der Waals surface area (Å²) >= 11 is 0. The fourth-order valence-corrected chi connectivity index (χ4v) is 4.14. The van der Waals surface area contributed by atoms with Crippen molar-refractivity contribution in [1.82, 2.24) is 19.9 Å². The van der Waals surface area contributed by atoms with E-state index in [1.807, 2.05) is 89.6 Å². The highest BCUT2D eigenvalue weighted by atomic mass is 16.5. The molecular formula is C28H24N4O4. The van der Waals surface area contributed by atoms with E-state index in [0.717, 1.165) is 33.9 Å². The van der Waals surface area contributed by atoms with Gasteiger partial charge in [-0.1, -0.05) is 47.6 Å². The molecule has 0 amide bonds. The van der Waals surface area contributed by atoms with Crippen LogP contribution < -0.4 is 9.47 Å². The average Bonchev–Trinajstić information content (AvgIpc) is 3.60. The number of hydrogen-bond acceptors (Lipinski definition) is 7. The van der Waals surface area contributed by atoms with E-state index in [9.17, 15) is 0 Å². The summed E-state index contributed by atoms with van der Waals surface area (Å²) in [6.07, 6.45) is -0.0861. The van der Waals surface area contributed by atoms with Crippen molar-refractivity contribution < 1.29 is 18.7 Å². The first-order valence-corrected chi connectivity index (χ1v) is 11.7. The molecule has 0 fully saturated rings. The molecule has 1 atom stereocenters. The molecule has 1 aliphatic heterocycles. The van der Waals surface area contributed by atoms with Crippen LogP contribution in [-0.4, -0.2) is 27.0 Å². The van der Waals surface area contributed by atoms with Gasteiger partial charge in [-0.05, 0) is 53.6 Å². The van der Waals surface area contributed by atoms with E-state index in [1.54, 1.807) is 7.11 Å². The van der Waals surface area contributed by atoms with Gasteiger partial charge in [0.25, 0.3) is 5.89 Å². The smallest absolute Gasteiger partial charge is 0.278 e. The number of ether oxygens (including phenoxy) is 3. The molecule has 0 spiro atoms. The third-order valence-electron chi connectivity index (χ3n) is 6.13. The summed E-state index contributed by atoms with van der Waals surface area (Å²) in [6, 6.07) is 27.5. The lowest BCUT2D eigenvalue weighted by molar-refractivity contribution is -0.00115. The van der Waals surface area contributed by atoms with Gasteiger partial charge >= 0.3 is 0 Å². The fourth-order valence-electron chi connectivity index (χ4n) is 4.14. The molecule has 8 heteroatoms. The first kappa shape index (κ1) is 22.1. The zero-order chi connectivity index (χ0) is 24.3. The highest BCUT2D eigenvalue weighted by molar-refractivity contribution is 5.59. The Morgan fingerprint density at radius 2 is 1.72 bits per heavy atom. The molecule has 3 heterocycles. The quantitative estimate of drug-likeness (QED) is 0.306. The molecule has 6 rings (SSSR count). The van der Waals surface area contributed by atoms with Gasteiger partial charge in [-0.15, -0.1) is 0 Å². The van der Waals surface area contributed by atoms with Crippen LogP contribution in [0.1, 0.15) is 22.9 Å². The number of methoxy groups -OCH3 is 1. The van der Waals surface area contributed by atoms with Crippen LogP contribution in [0, 0.1) is 0 Å². The van der Waals surface area contributed by atoms with E-state index in [1.165, 1.54) is 0 Å². The predicted molar refractivity (Wildman–Crippen MR) is 132 cm³/mol. The van der Waals surface area contributed by atoms with Crippen LogP contribution in [0.15, 0.2) is 89.5 Å². The van der Waals surface area contributed by atoms with Crippen LogP contribution in [0.3, 0.4) is 0 Å². The van der Waals surface area contributed by atoms with Gasteiger partial charge in [-0.3, -0.25) is 4.68 Å². The number of nitrogens with zero attached hydrogens (tertiary/aromatic N) is 4. The van der Waals surface area contributed by atoms with Gasteiger partial charge < -0.3 is 18.7 Å². The number of benzene rings is 3. The Morgan fingerprint density at radius 1 is 0.944 bits per heavy atom. The van der Waals surface area contributed by atoms with Crippen LogP contribution in [0.2, 0.25) is 0 Å². The molecule has 0 saturated carbocycles. The van der Waals surface area contributed by atoms with E-state index in [4.69, 9.17) is 23.8 Å². The van der Waals surface area contributed by atoms with Gasteiger partial charge in [0.1, 0.15) is 24.2 Å². The number of aromatic nitrogens is 4. The van der Waals surface area contributed by atoms with Crippen molar-refractivity contribution in [3.05, 3.63) is 102 Å². The van der Waals surface area contributed by atoms with Crippen LogP contribution in [-0.2, 0) is 24.5 Å². The summed E-state index contributed by atoms with van der Waals surface area (Å²) in [5.74, 6) is 2.47. The molecule has 36 heavy (non-hydrogen) atoms. The Hall–Kier alpha value is -4.43. The van der Waals surface area contributed by atoms with Crippen LogP contribution in [0.5, 0.6) is 11.5 Å². The van der Waals surface area contributed by atoms with E-state index in [-0.39, 0.29) is 6.10 Å². The lowest BCUT2D eigenvalue weighted by Gasteiger charge is -2.24. The van der Waals surface area contributed by atoms with Gasteiger partial charge in [-0.25, -0.2) is 0 Å². The normalized spacial score (nSPS) is 14.9. The molecule has 0 radical (unpaired) electrons. The van der Waals surface area contributed by atoms with Gasteiger partial charge in [0, 0.05) is 5.56 Å². The third kappa shape index (κ3) is 4.58. The highest BCUT2D eigenvalue weighted by Gasteiger charge is 2.24. The minimum absolute atomic E-state index is 0.0861. The fraction of sp³-hybridized carbons (Fsp3) is 0.179. The van der Waals surface area contributed by atoms with Gasteiger partial charge in [0.05, 0.1) is 26.0 Å². The Kier molecular flexibility index (Phi) is 5.93. The molecule has 5 aromatic rings. The topological polar surface area (TPSA) is 84.4 Å². The SMILES string of the molecule is COc1ccc(C2Cn3nc(-c4nc(-c5ccc(OCc6ccccc6)cc5)no4)cc3CO2)cc1. The van der Waals surface area contributed by atoms with Gasteiger partial charge in [0.15, 0.2) is 5.69 Å². The average molecular weight is 481 g/mol. The summed E-state index contributed by atoms with van der Waals surface area (Å²) in [4.78, 5) is 4.56. The second kappa shape index (κ2) is 9.67. The Morgan fingerprint density at radius 3 is 2.50 bits per heavy atom. The first-order valence-electron chi connectivity index (χ1n) is 11.7. The molecule has 0 N–H and O–H groups in total. The number of rotatable bonds is 7. The minimum atomic E-state index is -0.0861. The van der Waals surface area contributed by atoms with Crippen LogP contribution in [0.4, 0.5) is 0 Å². The monoisotopic (exact) mass is 480 g/mol. The standard InChI is InChI=1S/C28H24N4O4/c1-33-23-11-7-20(8-12-23)26-16-32-22(18-35-26)15-25(30-32)28-29-27(31-36-28)21-9-13-24(14-10-21)34-17-19-5-3-2-4-6-19/h2-15,26H,16-18H2,1H3. The van der Waals surface area contributed by atoms with Crippen molar-refractivity contribution in [2.75, 3.05) is 7.11 Å². The number of fused-ring (bicyclic) bond motifs is 1. The van der Waals surface area contributed by atoms with Crippen molar-refractivity contribution >= 4 is 0 Å². The zero-order valence-electron chi connectivity index (χ0n) is 19.7. The van der Waals surface area contributed by atoms with Crippen molar-refractivity contribution in [3.63, 3.8) is 0 Å². The lowest BCUT2D eigenvalue weighted by atomic mass is 10.1. The molecule has 180 valence electrons. The maximum atomic E-state index is 6.07. The van der Waals surface area contributed by atoms with Crippen molar-refractivity contribution in [2.24, 2.45) is 0 Å². The maximum absolute atomic E-state index is 6.07. The predicted octanol–water partition coefficient (Wildman–Crippen LogP) is 5.46. The van der Waals surface area contributed by atoms with E-state index >= 15 is 0 Å². The van der Waals surface area contributed by atoms with E-state index in [2.05, 4.69) is 10.1 Å². The second-order valence-corrected chi connectivity index (χ2v) is 8.50. The Balaban J connectivity index is 1.13. The molecule has 3 aromatic carbocycles. The molecule has 1 unspecified atom stereocenters. The minimum Gasteiger partial charge on any atom is -0.497 e. The Bertz CT molecular complexity index is 1440. The second-order valence-electron chi connectivity index (χ2n) is 8.50. The highest BCUT2D eigenvalue weighted by Crippen LogP contribution is 2.30. The lowest BCUT2D eigenvalue weighted by Crippen LogP contribution is -2.21. The summed E-state index contributed by atoms with van der Waals surface area (Å²) in [5, 5.41) is 8.85. The summed E-state index contributed by atoms with van der Waals surface area (Å²) < 4.78 is 24.6. The third-order valence-corrected chi connectivity index (χ3v) is 6.13. The van der Waals surface area contributed by atoms with E-state index < -0.39 is 0 Å². The largest absolute Gasteiger partial charge is 0.497 e. The summed E-state index contributed by atoms with van der Waals surface area (Å²) in [5.41, 5.74) is 4.63. The molecule has 8 nitrogen and oxygen atoms in total. The van der Waals surface area contributed by atoms with Crippen molar-refractivity contribution in [3.8, 4) is 34.5 Å². The number of hydrogen-bond donors (Lipinski definition) is 0. The molecule has 1 aliphatic rings. The van der Waals surface area contributed by atoms with Gasteiger partial charge in [-0.2, -0.15) is 10.1 Å². The van der Waals surface area contributed by atoms with Crippen molar-refractivity contribution in [2.45, 2.75) is 25.9 Å². The summed E-state index contributed by atoms with van der Waals surface area (Å²) in [7, 11) is 1.66. The first-order chi connectivity index (χ1) is 17.7. The summed E-state index contributed by atoms with van der Waals surface area (Å²) in [6.45, 7) is 1.57. The molecule has 2 aromatic heterocycles. The molecular weight excluding hydrogens is 456 g/mol. The maximum Gasteiger partial charge on any atom is 0.278 e. The van der Waals surface area contributed by atoms with Crippen LogP contribution in [0.25, 0.3) is 23.0 Å². The Labute approximate surface area is 208 Å².